The Morgan fingerprint density at radius 1 is 1.03 bits per heavy atom. The zero-order valence-corrected chi connectivity index (χ0v) is 17.3. The van der Waals surface area contributed by atoms with E-state index in [2.05, 4.69) is 5.32 Å². The first-order valence-corrected chi connectivity index (χ1v) is 10.1. The maximum atomic E-state index is 12.7. The number of carbonyl (C=O) groups excluding carboxylic acids is 1. The summed E-state index contributed by atoms with van der Waals surface area (Å²) in [4.78, 5) is 17.5. The molecule has 0 aliphatic carbocycles. The summed E-state index contributed by atoms with van der Waals surface area (Å²) >= 11 is 6.15. The number of aromatic nitrogens is 2. The first-order valence-electron chi connectivity index (χ1n) is 9.70. The van der Waals surface area contributed by atoms with Gasteiger partial charge in [-0.2, -0.15) is 0 Å². The third-order valence-corrected chi connectivity index (χ3v) is 5.34. The average Bonchev–Trinajstić information content (AvgIpc) is 3.10. The number of aryl methyl sites for hydroxylation is 1. The van der Waals surface area contributed by atoms with E-state index in [0.29, 0.717) is 5.02 Å². The van der Waals surface area contributed by atoms with Crippen LogP contribution in [0.15, 0.2) is 78.9 Å². The van der Waals surface area contributed by atoms with Crippen molar-refractivity contribution < 1.29 is 9.53 Å². The molecule has 0 aliphatic heterocycles. The molecule has 0 spiro atoms. The lowest BCUT2D eigenvalue weighted by atomic mass is 10.1. The molecule has 0 bridgehead atoms. The predicted molar refractivity (Wildman–Crippen MR) is 118 cm³/mol. The van der Waals surface area contributed by atoms with Gasteiger partial charge in [-0.15, -0.1) is 0 Å². The Kier molecular flexibility index (Phi) is 6.12. The van der Waals surface area contributed by atoms with Gasteiger partial charge in [-0.1, -0.05) is 72.3 Å². The molecular formula is C24H22ClN3O2. The molecule has 0 aliphatic rings. The second-order valence-electron chi connectivity index (χ2n) is 7.01. The second-order valence-corrected chi connectivity index (χ2v) is 7.42. The molecule has 4 rings (SSSR count). The molecular weight excluding hydrogens is 398 g/mol. The van der Waals surface area contributed by atoms with Crippen molar-refractivity contribution in [1.82, 2.24) is 14.9 Å². The number of ether oxygens (including phenoxy) is 1. The first-order chi connectivity index (χ1) is 14.6. The quantitative estimate of drug-likeness (QED) is 0.474. The van der Waals surface area contributed by atoms with Gasteiger partial charge < -0.3 is 14.6 Å². The molecule has 1 unspecified atom stereocenters. The van der Waals surface area contributed by atoms with Crippen LogP contribution < -0.4 is 5.32 Å². The van der Waals surface area contributed by atoms with Gasteiger partial charge in [0.15, 0.2) is 0 Å². The Hall–Kier alpha value is -3.15. The molecule has 1 N–H and O–H groups in total. The minimum Gasteiger partial charge on any atom is -0.367 e. The zero-order chi connectivity index (χ0) is 20.9. The van der Waals surface area contributed by atoms with Crippen LogP contribution in [-0.2, 0) is 23.2 Å². The van der Waals surface area contributed by atoms with Crippen LogP contribution in [0.4, 0.5) is 0 Å². The van der Waals surface area contributed by atoms with Gasteiger partial charge in [-0.25, -0.2) is 4.98 Å². The number of hydrogen-bond acceptors (Lipinski definition) is 3. The summed E-state index contributed by atoms with van der Waals surface area (Å²) in [6, 6.07) is 24.8. The number of nitrogens with zero attached hydrogens (tertiary/aromatic N) is 2. The topological polar surface area (TPSA) is 56.2 Å². The normalized spacial score (nSPS) is 12.1. The van der Waals surface area contributed by atoms with Gasteiger partial charge in [0.2, 0.25) is 5.91 Å². The lowest BCUT2D eigenvalue weighted by Crippen LogP contribution is -2.33. The molecule has 1 heterocycles. The molecule has 152 valence electrons. The molecule has 1 aromatic heterocycles. The summed E-state index contributed by atoms with van der Waals surface area (Å²) < 4.78 is 7.61. The standard InChI is InChI=1S/C24H22ClN3O2/c1-28-21-14-8-7-13-20(21)26-24(28)23(17-9-3-2-4-10-17)27-22(29)16-30-15-18-11-5-6-12-19(18)25/h2-14,23H,15-16H2,1H3,(H,27,29). The number of amides is 1. The molecule has 1 atom stereocenters. The summed E-state index contributed by atoms with van der Waals surface area (Å²) in [6.07, 6.45) is 0. The number of benzene rings is 3. The van der Waals surface area contributed by atoms with Gasteiger partial charge in [0.25, 0.3) is 0 Å². The number of halogens is 1. The maximum absolute atomic E-state index is 12.7. The SMILES string of the molecule is Cn1c(C(NC(=O)COCc2ccccc2Cl)c2ccccc2)nc2ccccc21. The van der Waals surface area contributed by atoms with Crippen LogP contribution in [-0.4, -0.2) is 22.1 Å². The zero-order valence-electron chi connectivity index (χ0n) is 16.6. The molecule has 0 saturated heterocycles. The Balaban J connectivity index is 1.52. The van der Waals surface area contributed by atoms with Gasteiger partial charge in [-0.3, -0.25) is 4.79 Å². The van der Waals surface area contributed by atoms with Crippen LogP contribution in [0.3, 0.4) is 0 Å². The fourth-order valence-electron chi connectivity index (χ4n) is 3.44. The second kappa shape index (κ2) is 9.11. The molecule has 0 radical (unpaired) electrons. The molecule has 1 amide bonds. The van der Waals surface area contributed by atoms with Crippen molar-refractivity contribution in [2.24, 2.45) is 7.05 Å². The van der Waals surface area contributed by atoms with E-state index in [1.54, 1.807) is 6.07 Å². The van der Waals surface area contributed by atoms with E-state index in [-0.39, 0.29) is 25.2 Å². The van der Waals surface area contributed by atoms with Crippen molar-refractivity contribution in [3.63, 3.8) is 0 Å². The number of hydrogen-bond donors (Lipinski definition) is 1. The number of fused-ring (bicyclic) bond motifs is 1. The fraction of sp³-hybridized carbons (Fsp3) is 0.167. The molecule has 6 heteroatoms. The molecule has 0 fully saturated rings. The Morgan fingerprint density at radius 3 is 2.50 bits per heavy atom. The van der Waals surface area contributed by atoms with Crippen LogP contribution in [0.2, 0.25) is 5.02 Å². The smallest absolute Gasteiger partial charge is 0.246 e. The van der Waals surface area contributed by atoms with E-state index in [0.717, 1.165) is 28.0 Å². The molecule has 30 heavy (non-hydrogen) atoms. The number of para-hydroxylation sites is 2. The Labute approximate surface area is 180 Å². The van der Waals surface area contributed by atoms with Crippen molar-refractivity contribution in [3.8, 4) is 0 Å². The van der Waals surface area contributed by atoms with Gasteiger partial charge >= 0.3 is 0 Å². The summed E-state index contributed by atoms with van der Waals surface area (Å²) in [7, 11) is 1.96. The maximum Gasteiger partial charge on any atom is 0.246 e. The van der Waals surface area contributed by atoms with Crippen LogP contribution in [0.25, 0.3) is 11.0 Å². The molecule has 4 aromatic rings. The minimum atomic E-state index is -0.389. The number of imidazole rings is 1. The summed E-state index contributed by atoms with van der Waals surface area (Å²) in [5.74, 6) is 0.546. The molecule has 0 saturated carbocycles. The highest BCUT2D eigenvalue weighted by Gasteiger charge is 2.22. The fourth-order valence-corrected chi connectivity index (χ4v) is 3.63. The van der Waals surface area contributed by atoms with Crippen molar-refractivity contribution in [2.75, 3.05) is 6.61 Å². The van der Waals surface area contributed by atoms with E-state index in [9.17, 15) is 4.79 Å². The van der Waals surface area contributed by atoms with Gasteiger partial charge in [-0.05, 0) is 29.3 Å². The highest BCUT2D eigenvalue weighted by molar-refractivity contribution is 6.31. The van der Waals surface area contributed by atoms with E-state index in [4.69, 9.17) is 21.3 Å². The lowest BCUT2D eigenvalue weighted by Gasteiger charge is -2.19. The monoisotopic (exact) mass is 419 g/mol. The van der Waals surface area contributed by atoms with E-state index in [1.165, 1.54) is 0 Å². The summed E-state index contributed by atoms with van der Waals surface area (Å²) in [5.41, 5.74) is 3.70. The molecule has 5 nitrogen and oxygen atoms in total. The number of carbonyl (C=O) groups is 1. The Bertz CT molecular complexity index is 1160. The van der Waals surface area contributed by atoms with Gasteiger partial charge in [0, 0.05) is 12.1 Å². The van der Waals surface area contributed by atoms with Gasteiger partial charge in [0.05, 0.1) is 17.6 Å². The average molecular weight is 420 g/mol. The van der Waals surface area contributed by atoms with E-state index < -0.39 is 0 Å². The largest absolute Gasteiger partial charge is 0.367 e. The summed E-state index contributed by atoms with van der Waals surface area (Å²) in [6.45, 7) is 0.202. The van der Waals surface area contributed by atoms with E-state index in [1.807, 2.05) is 84.4 Å². The number of nitrogens with one attached hydrogen (secondary N) is 1. The van der Waals surface area contributed by atoms with Crippen molar-refractivity contribution >= 4 is 28.5 Å². The van der Waals surface area contributed by atoms with Crippen LogP contribution in [0.1, 0.15) is 23.0 Å². The van der Waals surface area contributed by atoms with Gasteiger partial charge in [0.1, 0.15) is 18.5 Å². The first kappa shape index (κ1) is 20.1. The lowest BCUT2D eigenvalue weighted by molar-refractivity contribution is -0.126. The molecule has 3 aromatic carbocycles. The van der Waals surface area contributed by atoms with Crippen molar-refractivity contribution in [3.05, 3.63) is 101 Å². The third-order valence-electron chi connectivity index (χ3n) is 4.97. The van der Waals surface area contributed by atoms with Crippen LogP contribution >= 0.6 is 11.6 Å². The summed E-state index contributed by atoms with van der Waals surface area (Å²) in [5, 5.41) is 3.70. The third kappa shape index (κ3) is 4.37. The van der Waals surface area contributed by atoms with E-state index >= 15 is 0 Å². The highest BCUT2D eigenvalue weighted by atomic mass is 35.5. The van der Waals surface area contributed by atoms with Crippen molar-refractivity contribution in [2.45, 2.75) is 12.6 Å². The van der Waals surface area contributed by atoms with Crippen molar-refractivity contribution in [1.29, 1.82) is 0 Å². The Morgan fingerprint density at radius 2 is 1.73 bits per heavy atom. The highest BCUT2D eigenvalue weighted by Crippen LogP contribution is 2.25. The van der Waals surface area contributed by atoms with Crippen LogP contribution in [0, 0.1) is 0 Å². The predicted octanol–water partition coefficient (Wildman–Crippen LogP) is 4.65. The van der Waals surface area contributed by atoms with Crippen LogP contribution in [0.5, 0.6) is 0 Å². The number of rotatable bonds is 7. The minimum absolute atomic E-state index is 0.0709.